The first-order chi connectivity index (χ1) is 16.4. The van der Waals surface area contributed by atoms with Gasteiger partial charge in [-0.05, 0) is 48.4 Å². The number of aliphatic hydroxyl groups is 1. The van der Waals surface area contributed by atoms with Gasteiger partial charge >= 0.3 is 0 Å². The number of aliphatic hydroxyl groups excluding tert-OH is 1. The molecule has 0 radical (unpaired) electrons. The molecule has 1 amide bonds. The number of carbonyl (C=O) groups is 1. The molecule has 0 aliphatic carbocycles. The van der Waals surface area contributed by atoms with Crippen LogP contribution in [-0.4, -0.2) is 27.1 Å². The molecular formula is C25H25ClN4O3S. The molecule has 4 aromatic rings. The molecule has 3 heterocycles. The van der Waals surface area contributed by atoms with Crippen molar-refractivity contribution in [1.29, 1.82) is 0 Å². The summed E-state index contributed by atoms with van der Waals surface area (Å²) < 4.78 is 1.81. The van der Waals surface area contributed by atoms with Gasteiger partial charge in [0.25, 0.3) is 5.91 Å². The lowest BCUT2D eigenvalue weighted by Gasteiger charge is -2.10. The van der Waals surface area contributed by atoms with Gasteiger partial charge in [0.05, 0.1) is 11.5 Å². The lowest BCUT2D eigenvalue weighted by atomic mass is 10.1. The molecule has 34 heavy (non-hydrogen) atoms. The molecule has 4 rings (SSSR count). The second-order valence-electron chi connectivity index (χ2n) is 7.99. The number of aromatic nitrogens is 2. The van der Waals surface area contributed by atoms with Crippen LogP contribution in [0.1, 0.15) is 38.9 Å². The minimum Gasteiger partial charge on any atom is -0.388 e. The lowest BCUT2D eigenvalue weighted by molar-refractivity contribution is 0.0949. The van der Waals surface area contributed by atoms with E-state index in [-0.39, 0.29) is 11.0 Å². The summed E-state index contributed by atoms with van der Waals surface area (Å²) in [6.45, 7) is 1.48. The molecule has 1 atom stereocenters. The van der Waals surface area contributed by atoms with Gasteiger partial charge in [-0.15, -0.1) is 11.3 Å². The van der Waals surface area contributed by atoms with Gasteiger partial charge < -0.3 is 20.3 Å². The number of amides is 1. The van der Waals surface area contributed by atoms with Crippen molar-refractivity contribution in [1.82, 2.24) is 20.2 Å². The number of thiophene rings is 1. The summed E-state index contributed by atoms with van der Waals surface area (Å²) in [6, 6.07) is 12.7. The van der Waals surface area contributed by atoms with E-state index in [2.05, 4.69) is 15.6 Å². The van der Waals surface area contributed by atoms with Gasteiger partial charge in [-0.3, -0.25) is 14.6 Å². The van der Waals surface area contributed by atoms with E-state index in [1.165, 1.54) is 11.3 Å². The molecule has 3 N–H and O–H groups in total. The largest absolute Gasteiger partial charge is 0.388 e. The maximum atomic E-state index is 13.0. The van der Waals surface area contributed by atoms with Gasteiger partial charge in [-0.2, -0.15) is 0 Å². The van der Waals surface area contributed by atoms with Crippen molar-refractivity contribution in [3.05, 3.63) is 97.9 Å². The van der Waals surface area contributed by atoms with E-state index < -0.39 is 12.0 Å². The number of rotatable bonds is 9. The number of nitrogens with one attached hydrogen (secondary N) is 2. The van der Waals surface area contributed by atoms with E-state index in [9.17, 15) is 14.7 Å². The first kappa shape index (κ1) is 24.1. The number of hydrogen-bond acceptors (Lipinski definition) is 6. The average molecular weight is 497 g/mol. The van der Waals surface area contributed by atoms with Crippen LogP contribution in [0, 0.1) is 0 Å². The third-order valence-electron chi connectivity index (χ3n) is 5.47. The Morgan fingerprint density at radius 1 is 1.24 bits per heavy atom. The third-order valence-corrected chi connectivity index (χ3v) is 6.95. The fraction of sp³-hybridized carbons (Fsp3) is 0.240. The van der Waals surface area contributed by atoms with Gasteiger partial charge in [-0.25, -0.2) is 0 Å². The number of fused-ring (bicyclic) bond motifs is 1. The van der Waals surface area contributed by atoms with Gasteiger partial charge in [-0.1, -0.05) is 29.8 Å². The first-order valence-corrected chi connectivity index (χ1v) is 12.0. The van der Waals surface area contributed by atoms with E-state index in [4.69, 9.17) is 11.6 Å². The van der Waals surface area contributed by atoms with Crippen molar-refractivity contribution in [2.75, 3.05) is 6.54 Å². The van der Waals surface area contributed by atoms with Crippen molar-refractivity contribution >= 4 is 39.1 Å². The molecule has 0 fully saturated rings. The molecule has 0 aliphatic rings. The highest BCUT2D eigenvalue weighted by Crippen LogP contribution is 2.23. The molecule has 0 spiro atoms. The molecule has 3 aromatic heterocycles. The first-order valence-electron chi connectivity index (χ1n) is 10.9. The van der Waals surface area contributed by atoms with Gasteiger partial charge in [0.1, 0.15) is 10.4 Å². The minimum absolute atomic E-state index is 0.112. The molecule has 1 unspecified atom stereocenters. The van der Waals surface area contributed by atoms with Crippen molar-refractivity contribution in [2.45, 2.75) is 25.6 Å². The number of benzene rings is 1. The standard InChI is InChI=1S/C25H25ClN4O3S/c1-30-15-21(24(33)29-12-16-4-6-18(26)7-5-16)23(32)20-11-19(34-25(20)30)14-28-10-8-22(31)17-3-2-9-27-13-17/h2-7,9,11,13,15,22,28,31H,8,10,12,14H2,1H3,(H,29,33). The number of nitrogens with zero attached hydrogens (tertiary/aromatic N) is 2. The Hall–Kier alpha value is -3.04. The predicted octanol–water partition coefficient (Wildman–Crippen LogP) is 3.79. The summed E-state index contributed by atoms with van der Waals surface area (Å²) in [6.07, 6.45) is 4.89. The molecule has 0 saturated carbocycles. The van der Waals surface area contributed by atoms with Crippen LogP contribution >= 0.6 is 22.9 Å². The van der Waals surface area contributed by atoms with E-state index in [1.54, 1.807) is 36.8 Å². The average Bonchev–Trinajstić information content (AvgIpc) is 3.29. The smallest absolute Gasteiger partial charge is 0.257 e. The number of hydrogen-bond donors (Lipinski definition) is 3. The molecule has 0 aliphatic heterocycles. The second kappa shape index (κ2) is 10.9. The maximum Gasteiger partial charge on any atom is 0.257 e. The highest BCUT2D eigenvalue weighted by molar-refractivity contribution is 7.18. The minimum atomic E-state index is -0.580. The molecule has 0 bridgehead atoms. The van der Waals surface area contributed by atoms with Crippen LogP contribution in [0.4, 0.5) is 0 Å². The summed E-state index contributed by atoms with van der Waals surface area (Å²) in [5, 5.41) is 17.5. The molecule has 9 heteroatoms. The van der Waals surface area contributed by atoms with Crippen molar-refractivity contribution in [3.63, 3.8) is 0 Å². The highest BCUT2D eigenvalue weighted by Gasteiger charge is 2.17. The van der Waals surface area contributed by atoms with Crippen LogP contribution in [-0.2, 0) is 20.1 Å². The quantitative estimate of drug-likeness (QED) is 0.306. The van der Waals surface area contributed by atoms with E-state index in [0.29, 0.717) is 36.5 Å². The van der Waals surface area contributed by atoms with E-state index in [0.717, 1.165) is 20.8 Å². The predicted molar refractivity (Wildman–Crippen MR) is 135 cm³/mol. The zero-order chi connectivity index (χ0) is 24.1. The molecular weight excluding hydrogens is 472 g/mol. The summed E-state index contributed by atoms with van der Waals surface area (Å²) >= 11 is 7.41. The summed E-state index contributed by atoms with van der Waals surface area (Å²) in [5.74, 6) is -0.410. The number of carbonyl (C=O) groups excluding carboxylic acids is 1. The van der Waals surface area contributed by atoms with Crippen LogP contribution in [0.25, 0.3) is 10.2 Å². The Labute approximate surface area is 206 Å². The van der Waals surface area contributed by atoms with Crippen LogP contribution in [0.3, 0.4) is 0 Å². The monoisotopic (exact) mass is 496 g/mol. The van der Waals surface area contributed by atoms with E-state index in [1.807, 2.05) is 35.9 Å². The number of aryl methyl sites for hydroxylation is 1. The zero-order valence-electron chi connectivity index (χ0n) is 18.6. The van der Waals surface area contributed by atoms with Crippen molar-refractivity contribution < 1.29 is 9.90 Å². The van der Waals surface area contributed by atoms with E-state index >= 15 is 0 Å². The summed E-state index contributed by atoms with van der Waals surface area (Å²) in [4.78, 5) is 31.6. The Morgan fingerprint density at radius 3 is 2.76 bits per heavy atom. The van der Waals surface area contributed by atoms with Crippen molar-refractivity contribution in [2.24, 2.45) is 7.05 Å². The molecule has 1 aromatic carbocycles. The van der Waals surface area contributed by atoms with Gasteiger partial charge in [0.15, 0.2) is 0 Å². The Kier molecular flexibility index (Phi) is 7.74. The summed E-state index contributed by atoms with van der Waals surface area (Å²) in [5.41, 5.74) is 1.52. The molecule has 0 saturated heterocycles. The second-order valence-corrected chi connectivity index (χ2v) is 9.54. The highest BCUT2D eigenvalue weighted by atomic mass is 35.5. The van der Waals surface area contributed by atoms with Crippen LogP contribution in [0.5, 0.6) is 0 Å². The topological polar surface area (TPSA) is 96.2 Å². The van der Waals surface area contributed by atoms with Gasteiger partial charge in [0, 0.05) is 48.6 Å². The van der Waals surface area contributed by atoms with Crippen LogP contribution in [0.2, 0.25) is 5.02 Å². The SMILES string of the molecule is Cn1cc(C(=O)NCc2ccc(Cl)cc2)c(=O)c2cc(CNCCC(O)c3cccnc3)sc21. The lowest BCUT2D eigenvalue weighted by Crippen LogP contribution is -2.29. The number of pyridine rings is 2. The molecule has 176 valence electrons. The fourth-order valence-corrected chi connectivity index (χ4v) is 4.81. The van der Waals surface area contributed by atoms with Crippen molar-refractivity contribution in [3.8, 4) is 0 Å². The Morgan fingerprint density at radius 2 is 2.03 bits per heavy atom. The van der Waals surface area contributed by atoms with Crippen LogP contribution in [0.15, 0.2) is 65.8 Å². The van der Waals surface area contributed by atoms with Gasteiger partial charge in [0.2, 0.25) is 5.43 Å². The normalized spacial score (nSPS) is 12.1. The fourth-order valence-electron chi connectivity index (χ4n) is 3.63. The summed E-state index contributed by atoms with van der Waals surface area (Å²) in [7, 11) is 1.83. The number of halogens is 1. The Bertz CT molecular complexity index is 1340. The third kappa shape index (κ3) is 5.71. The molecule has 7 nitrogen and oxygen atoms in total. The maximum absolute atomic E-state index is 13.0. The zero-order valence-corrected chi connectivity index (χ0v) is 20.2. The Balaban J connectivity index is 1.39. The van der Waals surface area contributed by atoms with Crippen LogP contribution < -0.4 is 16.1 Å².